The molecule has 3 amide bonds. The van der Waals surface area contributed by atoms with Gasteiger partial charge in [-0.3, -0.25) is 14.4 Å². The van der Waals surface area contributed by atoms with Crippen LogP contribution in [0.15, 0.2) is 127 Å². The van der Waals surface area contributed by atoms with E-state index in [1.807, 2.05) is 77.1 Å². The van der Waals surface area contributed by atoms with Crippen LogP contribution in [0.1, 0.15) is 106 Å². The molecule has 6 aromatic rings. The Morgan fingerprint density at radius 2 is 0.918 bits per heavy atom. The fraction of sp³-hybridized carbons (Fsp3) is 0.310. The molecule has 0 aliphatic carbocycles. The van der Waals surface area contributed by atoms with E-state index in [2.05, 4.69) is 60.2 Å². The number of hydrogen-bond donors (Lipinski definition) is 2. The molecule has 73 heavy (non-hydrogen) atoms. The Balaban J connectivity index is 0.000000161. The van der Waals surface area contributed by atoms with Crippen LogP contribution in [0.25, 0.3) is 0 Å². The number of amides is 3. The molecule has 3 atom stereocenters. The highest BCUT2D eigenvalue weighted by atomic mass is 35.5. The monoisotopic (exact) mass is 1060 g/mol. The number of halogens is 3. The zero-order chi connectivity index (χ0) is 52.4. The van der Waals surface area contributed by atoms with Crippen LogP contribution < -0.4 is 10.5 Å². The molecular weight excluding hydrogens is 999 g/mol. The summed E-state index contributed by atoms with van der Waals surface area (Å²) in [5.41, 5.74) is 17.6. The standard InChI is InChI=1S/C20H23ClN2O3S.C19H21ClN2O.C19H17ClN2O/c1-14-17-8-4-3-6-15(17)10-11-23(14)20(24)12-18-16(7-5-9-19(18)21)13-22-27(2,25)26;2*1-13-16-7-3-2-5-14(16)9-10-22(13)19(23)11-17-15(12-21)6-4-8-18(17)20/h3-9,14,22H,10-13H2,1-2H3;2-8,13H,9-12,21H2,1H3;2-8,13H,9-11H2,1H3/t14-;2*13-/m000/s1. The van der Waals surface area contributed by atoms with Crippen LogP contribution in [0.3, 0.4) is 0 Å². The van der Waals surface area contributed by atoms with E-state index in [9.17, 15) is 28.1 Å². The van der Waals surface area contributed by atoms with Crippen molar-refractivity contribution in [3.05, 3.63) is 209 Å². The van der Waals surface area contributed by atoms with Gasteiger partial charge in [-0.2, -0.15) is 5.26 Å². The smallest absolute Gasteiger partial charge is 0.227 e. The third-order valence-corrected chi connectivity index (χ3v) is 15.9. The number of benzene rings is 6. The van der Waals surface area contributed by atoms with Crippen molar-refractivity contribution in [3.63, 3.8) is 0 Å². The van der Waals surface area contributed by atoms with E-state index < -0.39 is 10.0 Å². The number of rotatable bonds is 10. The first-order chi connectivity index (χ1) is 35.0. The summed E-state index contributed by atoms with van der Waals surface area (Å²) in [6.45, 7) is 8.79. The quantitative estimate of drug-likeness (QED) is 0.138. The number of nitriles is 1. The van der Waals surface area contributed by atoms with Crippen molar-refractivity contribution < 1.29 is 22.8 Å². The first kappa shape index (κ1) is 54.7. The summed E-state index contributed by atoms with van der Waals surface area (Å²) in [5, 5.41) is 10.8. The van der Waals surface area contributed by atoms with Gasteiger partial charge in [0.15, 0.2) is 0 Å². The zero-order valence-corrected chi connectivity index (χ0v) is 44.7. The highest BCUT2D eigenvalue weighted by Gasteiger charge is 2.31. The van der Waals surface area contributed by atoms with Crippen LogP contribution in [-0.4, -0.2) is 66.7 Å². The van der Waals surface area contributed by atoms with Gasteiger partial charge in [0.25, 0.3) is 0 Å². The minimum atomic E-state index is -3.33. The zero-order valence-electron chi connectivity index (χ0n) is 41.6. The summed E-state index contributed by atoms with van der Waals surface area (Å²) >= 11 is 18.8. The molecule has 3 heterocycles. The summed E-state index contributed by atoms with van der Waals surface area (Å²) < 4.78 is 25.3. The number of sulfonamides is 1. The van der Waals surface area contributed by atoms with Gasteiger partial charge in [0.1, 0.15) is 0 Å². The van der Waals surface area contributed by atoms with Gasteiger partial charge in [0.05, 0.1) is 55.3 Å². The van der Waals surface area contributed by atoms with Crippen molar-refractivity contribution in [2.45, 2.75) is 90.5 Å². The summed E-state index contributed by atoms with van der Waals surface area (Å²) in [7, 11) is -3.33. The fourth-order valence-corrected chi connectivity index (χ4v) is 11.3. The summed E-state index contributed by atoms with van der Waals surface area (Å²) in [4.78, 5) is 44.3. The van der Waals surface area contributed by atoms with Crippen molar-refractivity contribution in [2.75, 3.05) is 25.9 Å². The molecule has 3 aliphatic rings. The maximum atomic E-state index is 13.0. The van der Waals surface area contributed by atoms with Gasteiger partial charge < -0.3 is 20.4 Å². The first-order valence-electron chi connectivity index (χ1n) is 24.5. The van der Waals surface area contributed by atoms with Gasteiger partial charge in [-0.05, 0) is 125 Å². The van der Waals surface area contributed by atoms with Gasteiger partial charge in [-0.15, -0.1) is 0 Å². The van der Waals surface area contributed by atoms with Gasteiger partial charge >= 0.3 is 0 Å². The van der Waals surface area contributed by atoms with E-state index >= 15 is 0 Å². The van der Waals surface area contributed by atoms with Gasteiger partial charge in [0.2, 0.25) is 27.7 Å². The van der Waals surface area contributed by atoms with Gasteiger partial charge in [-0.1, -0.05) is 138 Å². The Morgan fingerprint density at radius 1 is 0.562 bits per heavy atom. The second-order valence-corrected chi connectivity index (χ2v) is 21.7. The number of carbonyl (C=O) groups is 3. The van der Waals surface area contributed by atoms with E-state index in [1.54, 1.807) is 36.4 Å². The van der Waals surface area contributed by atoms with Crippen LogP contribution in [0.4, 0.5) is 0 Å². The van der Waals surface area contributed by atoms with Crippen molar-refractivity contribution in [1.82, 2.24) is 19.4 Å². The summed E-state index contributed by atoms with van der Waals surface area (Å²) in [5.74, 6) is 0.108. The molecule has 3 N–H and O–H groups in total. The highest BCUT2D eigenvalue weighted by molar-refractivity contribution is 7.88. The van der Waals surface area contributed by atoms with E-state index in [0.29, 0.717) is 63.4 Å². The van der Waals surface area contributed by atoms with Crippen LogP contribution in [0.2, 0.25) is 15.1 Å². The third kappa shape index (κ3) is 13.4. The Labute approximate surface area is 444 Å². The average Bonchev–Trinajstić information content (AvgIpc) is 3.38. The molecule has 0 saturated heterocycles. The van der Waals surface area contributed by atoms with Crippen LogP contribution in [0.5, 0.6) is 0 Å². The number of hydrogen-bond acceptors (Lipinski definition) is 7. The topological polar surface area (TPSA) is 157 Å². The Hall–Kier alpha value is -6.04. The molecule has 15 heteroatoms. The average molecular weight is 1060 g/mol. The fourth-order valence-electron chi connectivity index (χ4n) is 10.1. The summed E-state index contributed by atoms with van der Waals surface area (Å²) in [6, 6.07) is 43.1. The number of fused-ring (bicyclic) bond motifs is 3. The lowest BCUT2D eigenvalue weighted by Crippen LogP contribution is -2.39. The molecule has 3 aliphatic heterocycles. The molecule has 0 fully saturated rings. The predicted molar refractivity (Wildman–Crippen MR) is 291 cm³/mol. The second-order valence-electron chi connectivity index (χ2n) is 18.6. The molecular formula is C58H61Cl3N6O5S. The Bertz CT molecular complexity index is 3140. The number of nitrogens with two attached hydrogens (primary N) is 1. The molecule has 6 aromatic carbocycles. The summed E-state index contributed by atoms with van der Waals surface area (Å²) in [6.07, 6.45) is 4.31. The van der Waals surface area contributed by atoms with E-state index in [-0.39, 0.29) is 55.2 Å². The van der Waals surface area contributed by atoms with Crippen molar-refractivity contribution in [1.29, 1.82) is 5.26 Å². The largest absolute Gasteiger partial charge is 0.335 e. The van der Waals surface area contributed by atoms with E-state index in [4.69, 9.17) is 40.5 Å². The molecule has 380 valence electrons. The number of carbonyl (C=O) groups excluding carboxylic acids is 3. The second kappa shape index (κ2) is 24.8. The van der Waals surface area contributed by atoms with E-state index in [0.717, 1.165) is 43.2 Å². The molecule has 0 radical (unpaired) electrons. The SMILES string of the molecule is C[C@H]1c2ccccc2CCN1C(=O)Cc1c(Cl)cccc1C#N.C[C@H]1c2ccccc2CCN1C(=O)Cc1c(Cl)cccc1CN.C[C@H]1c2ccccc2CCN1C(=O)Cc1c(Cl)cccc1CNS(C)(=O)=O. The van der Waals surface area contributed by atoms with Crippen LogP contribution in [0, 0.1) is 11.3 Å². The molecule has 0 aromatic heterocycles. The third-order valence-electron chi connectivity index (χ3n) is 14.1. The van der Waals surface area contributed by atoms with Crippen LogP contribution >= 0.6 is 34.8 Å². The molecule has 11 nitrogen and oxygen atoms in total. The maximum Gasteiger partial charge on any atom is 0.227 e. The lowest BCUT2D eigenvalue weighted by molar-refractivity contribution is -0.133. The predicted octanol–water partition coefficient (Wildman–Crippen LogP) is 10.5. The highest BCUT2D eigenvalue weighted by Crippen LogP contribution is 2.34. The minimum Gasteiger partial charge on any atom is -0.335 e. The van der Waals surface area contributed by atoms with E-state index in [1.165, 1.54) is 33.4 Å². The normalized spacial score (nSPS) is 16.8. The number of nitrogens with zero attached hydrogens (tertiary/aromatic N) is 4. The number of nitrogens with one attached hydrogen (secondary N) is 1. The molecule has 9 rings (SSSR count). The molecule has 0 spiro atoms. The van der Waals surface area contributed by atoms with Crippen LogP contribution in [-0.2, 0) is 76.0 Å². The first-order valence-corrected chi connectivity index (χ1v) is 27.5. The molecule has 0 unspecified atom stereocenters. The maximum absolute atomic E-state index is 13.0. The van der Waals surface area contributed by atoms with Crippen molar-refractivity contribution >= 4 is 62.5 Å². The van der Waals surface area contributed by atoms with Crippen molar-refractivity contribution in [3.8, 4) is 6.07 Å². The molecule has 0 bridgehead atoms. The molecule has 0 saturated carbocycles. The lowest BCUT2D eigenvalue weighted by Gasteiger charge is -2.35. The van der Waals surface area contributed by atoms with Gasteiger partial charge in [0, 0.05) is 47.8 Å². The lowest BCUT2D eigenvalue weighted by atomic mass is 9.93. The Kier molecular flexibility index (Phi) is 18.6. The van der Waals surface area contributed by atoms with Crippen molar-refractivity contribution in [2.24, 2.45) is 5.73 Å². The Morgan fingerprint density at radius 3 is 1.32 bits per heavy atom. The van der Waals surface area contributed by atoms with Gasteiger partial charge in [-0.25, -0.2) is 13.1 Å². The minimum absolute atomic E-state index is 0.00234.